The van der Waals surface area contributed by atoms with E-state index in [0.29, 0.717) is 6.42 Å². The molecule has 1 N–H and O–H groups in total. The molecular weight excluding hydrogens is 320 g/mol. The number of hydrogen-bond donors (Lipinski definition) is 1. The third kappa shape index (κ3) is 4.59. The second-order valence-corrected chi connectivity index (χ2v) is 7.60. The van der Waals surface area contributed by atoms with Crippen molar-refractivity contribution in [1.82, 2.24) is 10.2 Å². The monoisotopic (exact) mass is 346 g/mol. The highest BCUT2D eigenvalue weighted by Gasteiger charge is 2.45. The first-order valence-corrected chi connectivity index (χ1v) is 8.50. The van der Waals surface area contributed by atoms with Gasteiger partial charge in [0.1, 0.15) is 11.6 Å². The molecule has 2 atom stereocenters. The van der Waals surface area contributed by atoms with E-state index in [1.165, 1.54) is 4.90 Å². The lowest BCUT2D eigenvalue weighted by Crippen LogP contribution is -2.59. The van der Waals surface area contributed by atoms with Crippen LogP contribution in [0.3, 0.4) is 0 Å². The summed E-state index contributed by atoms with van der Waals surface area (Å²) in [6.07, 6.45) is -0.365. The van der Waals surface area contributed by atoms with Crippen LogP contribution in [0.4, 0.5) is 4.79 Å². The Morgan fingerprint density at radius 3 is 2.28 bits per heavy atom. The molecule has 2 rings (SSSR count). The predicted molar refractivity (Wildman–Crippen MR) is 93.6 cm³/mol. The summed E-state index contributed by atoms with van der Waals surface area (Å²) in [7, 11) is 0. The number of likely N-dealkylation sites (tertiary alicyclic amines) is 1. The first kappa shape index (κ1) is 19.0. The molecule has 0 aliphatic carbocycles. The lowest BCUT2D eigenvalue weighted by molar-refractivity contribution is -0.160. The molecule has 0 aromatic heterocycles. The topological polar surface area (TPSA) is 75.7 Å². The highest BCUT2D eigenvalue weighted by molar-refractivity contribution is 6.03. The maximum absolute atomic E-state index is 12.9. The molecule has 0 spiro atoms. The summed E-state index contributed by atoms with van der Waals surface area (Å²) >= 11 is 0. The van der Waals surface area contributed by atoms with Gasteiger partial charge in [0.15, 0.2) is 0 Å². The van der Waals surface area contributed by atoms with Crippen LogP contribution in [0.15, 0.2) is 30.3 Å². The van der Waals surface area contributed by atoms with Crippen LogP contribution in [0.25, 0.3) is 0 Å². The molecule has 0 saturated carbocycles. The van der Waals surface area contributed by atoms with E-state index in [1.54, 1.807) is 20.8 Å². The molecule has 0 bridgehead atoms. The van der Waals surface area contributed by atoms with Gasteiger partial charge in [-0.25, -0.2) is 4.79 Å². The average Bonchev–Trinajstić information content (AvgIpc) is 2.48. The Hall–Kier alpha value is -2.37. The maximum atomic E-state index is 12.9. The molecule has 25 heavy (non-hydrogen) atoms. The van der Waals surface area contributed by atoms with Crippen molar-refractivity contribution in [3.05, 3.63) is 35.9 Å². The zero-order chi connectivity index (χ0) is 18.8. The number of carbonyl (C=O) groups is 3. The minimum absolute atomic E-state index is 0.176. The van der Waals surface area contributed by atoms with E-state index in [1.807, 2.05) is 44.2 Å². The molecule has 1 unspecified atom stereocenters. The molecule has 1 fully saturated rings. The minimum Gasteiger partial charge on any atom is -0.444 e. The average molecular weight is 346 g/mol. The molecule has 1 aliphatic heterocycles. The van der Waals surface area contributed by atoms with Crippen LogP contribution < -0.4 is 5.32 Å². The number of nitrogens with one attached hydrogen (secondary N) is 1. The minimum atomic E-state index is -0.815. The SMILES string of the molecule is CC(C)[C@H](NC(=O)OC(C)(C)C)C(=O)N1C(=O)CC1c1ccccc1. The number of β-lactam (4-membered cyclic amide) rings is 1. The number of carbonyl (C=O) groups excluding carboxylic acids is 3. The fraction of sp³-hybridized carbons (Fsp3) is 0.526. The summed E-state index contributed by atoms with van der Waals surface area (Å²) in [5.41, 5.74) is 0.253. The highest BCUT2D eigenvalue weighted by Crippen LogP contribution is 2.35. The van der Waals surface area contributed by atoms with Gasteiger partial charge >= 0.3 is 6.09 Å². The Labute approximate surface area is 148 Å². The van der Waals surface area contributed by atoms with Gasteiger partial charge in [0, 0.05) is 0 Å². The predicted octanol–water partition coefficient (Wildman–Crippen LogP) is 3.04. The molecule has 6 heteroatoms. The number of alkyl carbamates (subject to hydrolysis) is 1. The van der Waals surface area contributed by atoms with Crippen molar-refractivity contribution in [2.24, 2.45) is 5.92 Å². The van der Waals surface area contributed by atoms with Crippen molar-refractivity contribution in [2.75, 3.05) is 0 Å². The third-order valence-electron chi connectivity index (χ3n) is 3.98. The number of hydrogen-bond acceptors (Lipinski definition) is 4. The Morgan fingerprint density at radius 2 is 1.80 bits per heavy atom. The van der Waals surface area contributed by atoms with Crippen LogP contribution >= 0.6 is 0 Å². The van der Waals surface area contributed by atoms with Crippen LogP contribution in [0, 0.1) is 5.92 Å². The molecule has 3 amide bonds. The fourth-order valence-electron chi connectivity index (χ4n) is 2.73. The number of amides is 3. The second kappa shape index (κ2) is 7.25. The summed E-state index contributed by atoms with van der Waals surface area (Å²) in [5.74, 6) is -0.800. The number of nitrogens with zero attached hydrogens (tertiary/aromatic N) is 1. The van der Waals surface area contributed by atoms with E-state index < -0.39 is 23.6 Å². The lowest BCUT2D eigenvalue weighted by atomic mass is 9.91. The van der Waals surface area contributed by atoms with Crippen molar-refractivity contribution in [3.8, 4) is 0 Å². The molecule has 6 nitrogen and oxygen atoms in total. The van der Waals surface area contributed by atoms with E-state index in [-0.39, 0.29) is 17.9 Å². The van der Waals surface area contributed by atoms with E-state index in [4.69, 9.17) is 4.74 Å². The Bertz CT molecular complexity index is 649. The van der Waals surface area contributed by atoms with E-state index in [0.717, 1.165) is 5.56 Å². The molecule has 1 aromatic carbocycles. The van der Waals surface area contributed by atoms with Crippen molar-refractivity contribution in [3.63, 3.8) is 0 Å². The van der Waals surface area contributed by atoms with Crippen LogP contribution in [-0.2, 0) is 14.3 Å². The number of benzene rings is 1. The Balaban J connectivity index is 2.13. The van der Waals surface area contributed by atoms with E-state index in [9.17, 15) is 14.4 Å². The van der Waals surface area contributed by atoms with Gasteiger partial charge in [0.25, 0.3) is 5.91 Å². The summed E-state index contributed by atoms with van der Waals surface area (Å²) in [6.45, 7) is 8.90. The Morgan fingerprint density at radius 1 is 1.20 bits per heavy atom. The number of rotatable bonds is 4. The normalized spacial score (nSPS) is 18.6. The largest absolute Gasteiger partial charge is 0.444 e. The van der Waals surface area contributed by atoms with Gasteiger partial charge in [-0.2, -0.15) is 0 Å². The first-order valence-electron chi connectivity index (χ1n) is 8.50. The lowest BCUT2D eigenvalue weighted by Gasteiger charge is -2.41. The second-order valence-electron chi connectivity index (χ2n) is 7.60. The van der Waals surface area contributed by atoms with Gasteiger partial charge in [0.05, 0.1) is 12.5 Å². The van der Waals surface area contributed by atoms with Crippen LogP contribution in [-0.4, -0.2) is 34.5 Å². The number of ether oxygens (including phenoxy) is 1. The Kier molecular flexibility index (Phi) is 5.50. The van der Waals surface area contributed by atoms with E-state index in [2.05, 4.69) is 5.32 Å². The van der Waals surface area contributed by atoms with Gasteiger partial charge in [-0.15, -0.1) is 0 Å². The van der Waals surface area contributed by atoms with Crippen molar-refractivity contribution >= 4 is 17.9 Å². The van der Waals surface area contributed by atoms with Gasteiger partial charge in [-0.05, 0) is 32.3 Å². The van der Waals surface area contributed by atoms with Crippen LogP contribution in [0.5, 0.6) is 0 Å². The summed E-state index contributed by atoms with van der Waals surface area (Å²) in [4.78, 5) is 38.3. The molecule has 1 heterocycles. The van der Waals surface area contributed by atoms with Gasteiger partial charge < -0.3 is 10.1 Å². The summed E-state index contributed by atoms with van der Waals surface area (Å²) < 4.78 is 5.23. The standard InChI is InChI=1S/C19H26N2O4/c1-12(2)16(20-18(24)25-19(3,4)5)17(23)21-14(11-15(21)22)13-9-7-6-8-10-13/h6-10,12,14,16H,11H2,1-5H3,(H,20,24)/t14?,16-/m0/s1. The molecule has 1 aromatic rings. The molecular formula is C19H26N2O4. The van der Waals surface area contributed by atoms with Crippen LogP contribution in [0.2, 0.25) is 0 Å². The highest BCUT2D eigenvalue weighted by atomic mass is 16.6. The maximum Gasteiger partial charge on any atom is 0.408 e. The molecule has 0 radical (unpaired) electrons. The third-order valence-corrected chi connectivity index (χ3v) is 3.98. The molecule has 136 valence electrons. The smallest absolute Gasteiger partial charge is 0.408 e. The fourth-order valence-corrected chi connectivity index (χ4v) is 2.73. The quantitative estimate of drug-likeness (QED) is 0.850. The molecule has 1 aliphatic rings. The zero-order valence-corrected chi connectivity index (χ0v) is 15.4. The van der Waals surface area contributed by atoms with Crippen molar-refractivity contribution < 1.29 is 19.1 Å². The van der Waals surface area contributed by atoms with Gasteiger partial charge in [-0.1, -0.05) is 44.2 Å². The molecule has 1 saturated heterocycles. The summed E-state index contributed by atoms with van der Waals surface area (Å²) in [6, 6.07) is 8.33. The van der Waals surface area contributed by atoms with Gasteiger partial charge in [0.2, 0.25) is 5.91 Å². The van der Waals surface area contributed by atoms with Crippen molar-refractivity contribution in [1.29, 1.82) is 0 Å². The zero-order valence-electron chi connectivity index (χ0n) is 15.4. The van der Waals surface area contributed by atoms with Gasteiger partial charge in [-0.3, -0.25) is 14.5 Å². The van der Waals surface area contributed by atoms with E-state index >= 15 is 0 Å². The van der Waals surface area contributed by atoms with Crippen molar-refractivity contribution in [2.45, 2.75) is 58.7 Å². The van der Waals surface area contributed by atoms with Crippen LogP contribution in [0.1, 0.15) is 52.6 Å². The number of imide groups is 1. The first-order chi connectivity index (χ1) is 11.6. The summed E-state index contributed by atoms with van der Waals surface area (Å²) in [5, 5.41) is 2.61.